The summed E-state index contributed by atoms with van der Waals surface area (Å²) in [7, 11) is 2.93. The smallest absolute Gasteiger partial charge is 0.300 e. The monoisotopic (exact) mass is 503 g/mol. The van der Waals surface area contributed by atoms with E-state index in [1.54, 1.807) is 31.4 Å². The van der Waals surface area contributed by atoms with Gasteiger partial charge in [-0.3, -0.25) is 14.5 Å². The van der Waals surface area contributed by atoms with Crippen LogP contribution in [0.2, 0.25) is 10.0 Å². The first kappa shape index (κ1) is 23.2. The summed E-state index contributed by atoms with van der Waals surface area (Å²) >= 11 is 13.8. The summed E-state index contributed by atoms with van der Waals surface area (Å²) < 4.78 is 10.6. The molecule has 0 saturated carbocycles. The molecule has 1 N–H and O–H groups in total. The molecular weight excluding hydrogens is 485 g/mol. The summed E-state index contributed by atoms with van der Waals surface area (Å²) in [5.41, 5.74) is 1.43. The van der Waals surface area contributed by atoms with Crippen molar-refractivity contribution in [3.63, 3.8) is 0 Å². The lowest BCUT2D eigenvalue weighted by atomic mass is 9.97. The van der Waals surface area contributed by atoms with Crippen molar-refractivity contribution in [2.24, 2.45) is 0 Å². The maximum Gasteiger partial charge on any atom is 0.300 e. The summed E-state index contributed by atoms with van der Waals surface area (Å²) in [5, 5.41) is 13.6. The van der Waals surface area contributed by atoms with E-state index in [0.717, 1.165) is 10.4 Å². The molecule has 1 saturated heterocycles. The number of thiophene rings is 1. The molecule has 3 aromatic rings. The molecule has 1 aromatic heterocycles. The Hall–Kier alpha value is -3.00. The minimum atomic E-state index is -0.846. The van der Waals surface area contributed by atoms with Crippen LogP contribution in [0.1, 0.15) is 22.0 Å². The van der Waals surface area contributed by atoms with Gasteiger partial charge in [-0.2, -0.15) is 0 Å². The predicted octanol–water partition coefficient (Wildman–Crippen LogP) is 6.01. The summed E-state index contributed by atoms with van der Waals surface area (Å²) in [6, 6.07) is 10.7. The molecule has 1 aliphatic heterocycles. The molecule has 0 spiro atoms. The van der Waals surface area contributed by atoms with Crippen molar-refractivity contribution in [2.75, 3.05) is 19.1 Å². The third-order valence-electron chi connectivity index (χ3n) is 5.41. The van der Waals surface area contributed by atoms with Crippen LogP contribution in [0, 0.1) is 6.92 Å². The first-order valence-electron chi connectivity index (χ1n) is 9.81. The normalized spacial score (nSPS) is 17.5. The number of benzene rings is 2. The lowest BCUT2D eigenvalue weighted by Gasteiger charge is -2.25. The van der Waals surface area contributed by atoms with Gasteiger partial charge in [0.05, 0.1) is 30.4 Å². The summed E-state index contributed by atoms with van der Waals surface area (Å²) in [5.74, 6) is -1.23. The number of amides is 1. The summed E-state index contributed by atoms with van der Waals surface area (Å²) in [6.07, 6.45) is 0. The van der Waals surface area contributed by atoms with Crippen LogP contribution in [0.3, 0.4) is 0 Å². The Kier molecular flexibility index (Phi) is 6.38. The van der Waals surface area contributed by atoms with E-state index in [4.69, 9.17) is 32.7 Å². The van der Waals surface area contributed by atoms with Gasteiger partial charge in [-0.1, -0.05) is 23.2 Å². The molecule has 33 heavy (non-hydrogen) atoms. The average Bonchev–Trinajstić information content (AvgIpc) is 3.33. The van der Waals surface area contributed by atoms with Crippen LogP contribution in [0.25, 0.3) is 5.76 Å². The summed E-state index contributed by atoms with van der Waals surface area (Å²) in [6.45, 7) is 1.89. The number of rotatable bonds is 5. The van der Waals surface area contributed by atoms with Crippen LogP contribution >= 0.6 is 34.5 Å². The number of hydrogen-bond donors (Lipinski definition) is 1. The molecule has 1 fully saturated rings. The van der Waals surface area contributed by atoms with Gasteiger partial charge in [-0.25, -0.2) is 0 Å². The molecule has 4 rings (SSSR count). The highest BCUT2D eigenvalue weighted by Crippen LogP contribution is 2.46. The fourth-order valence-corrected chi connectivity index (χ4v) is 5.44. The quantitative estimate of drug-likeness (QED) is 0.262. The van der Waals surface area contributed by atoms with Crippen molar-refractivity contribution in [1.82, 2.24) is 0 Å². The maximum atomic E-state index is 13.3. The van der Waals surface area contributed by atoms with Crippen LogP contribution in [0.4, 0.5) is 5.69 Å². The van der Waals surface area contributed by atoms with E-state index in [2.05, 4.69) is 0 Å². The maximum absolute atomic E-state index is 13.3. The van der Waals surface area contributed by atoms with Crippen molar-refractivity contribution >= 4 is 57.7 Å². The van der Waals surface area contributed by atoms with E-state index in [1.807, 2.05) is 18.4 Å². The Balaban J connectivity index is 1.98. The van der Waals surface area contributed by atoms with Gasteiger partial charge in [0, 0.05) is 15.6 Å². The molecule has 1 unspecified atom stereocenters. The van der Waals surface area contributed by atoms with Crippen LogP contribution in [-0.4, -0.2) is 31.0 Å². The lowest BCUT2D eigenvalue weighted by Crippen LogP contribution is -2.29. The number of ketones is 1. The number of hydrogen-bond acceptors (Lipinski definition) is 6. The fourth-order valence-electron chi connectivity index (χ4n) is 3.84. The predicted molar refractivity (Wildman–Crippen MR) is 130 cm³/mol. The Bertz CT molecular complexity index is 1280. The van der Waals surface area contributed by atoms with Crippen molar-refractivity contribution in [3.8, 4) is 11.5 Å². The molecule has 1 atom stereocenters. The number of anilines is 1. The second-order valence-corrected chi connectivity index (χ2v) is 9.09. The average molecular weight is 504 g/mol. The second kappa shape index (κ2) is 9.09. The highest BCUT2D eigenvalue weighted by molar-refractivity contribution is 7.10. The molecule has 2 heterocycles. The number of aryl methyl sites for hydroxylation is 1. The standard InChI is InChI=1S/C24H19Cl2NO5S/c1-12-8-9-33-23(12)19-18(20(28)16-10-13(25)11-17(26)22(16)32-3)21(29)24(30)27(19)14-4-6-15(31-2)7-5-14/h4-11,19,28H,1-3H3/b20-18+. The first-order chi connectivity index (χ1) is 15.8. The van der Waals surface area contributed by atoms with E-state index >= 15 is 0 Å². The number of ether oxygens (including phenoxy) is 2. The van der Waals surface area contributed by atoms with Crippen molar-refractivity contribution in [2.45, 2.75) is 13.0 Å². The van der Waals surface area contributed by atoms with Gasteiger partial charge in [0.25, 0.3) is 11.7 Å². The topological polar surface area (TPSA) is 76.1 Å². The molecule has 2 aromatic carbocycles. The van der Waals surface area contributed by atoms with E-state index < -0.39 is 23.5 Å². The van der Waals surface area contributed by atoms with Crippen molar-refractivity contribution < 1.29 is 24.2 Å². The Labute approximate surface area is 204 Å². The Morgan fingerprint density at radius 3 is 2.33 bits per heavy atom. The Morgan fingerprint density at radius 2 is 1.76 bits per heavy atom. The van der Waals surface area contributed by atoms with Gasteiger partial charge in [-0.15, -0.1) is 11.3 Å². The minimum Gasteiger partial charge on any atom is -0.507 e. The molecular formula is C24H19Cl2NO5S. The van der Waals surface area contributed by atoms with Gasteiger partial charge in [-0.05, 0) is 60.3 Å². The summed E-state index contributed by atoms with van der Waals surface area (Å²) in [4.78, 5) is 28.6. The molecule has 9 heteroatoms. The number of nitrogens with zero attached hydrogens (tertiary/aromatic N) is 1. The fraction of sp³-hybridized carbons (Fsp3) is 0.167. The van der Waals surface area contributed by atoms with Crippen LogP contribution in [-0.2, 0) is 9.59 Å². The molecule has 1 amide bonds. The lowest BCUT2D eigenvalue weighted by molar-refractivity contribution is -0.132. The zero-order valence-corrected chi connectivity index (χ0v) is 20.2. The molecule has 170 valence electrons. The van der Waals surface area contributed by atoms with E-state index in [0.29, 0.717) is 11.4 Å². The molecule has 6 nitrogen and oxygen atoms in total. The van der Waals surface area contributed by atoms with Crippen molar-refractivity contribution in [3.05, 3.63) is 79.5 Å². The van der Waals surface area contributed by atoms with Crippen LogP contribution in [0.5, 0.6) is 11.5 Å². The van der Waals surface area contributed by atoms with Gasteiger partial charge in [0.2, 0.25) is 0 Å². The third-order valence-corrected chi connectivity index (χ3v) is 6.98. The number of carbonyl (C=O) groups is 2. The van der Waals surface area contributed by atoms with Crippen LogP contribution in [0.15, 0.2) is 53.4 Å². The number of methoxy groups -OCH3 is 2. The van der Waals surface area contributed by atoms with Gasteiger partial charge in [0.1, 0.15) is 23.3 Å². The molecule has 1 aliphatic rings. The van der Waals surface area contributed by atoms with Gasteiger partial charge in [0.15, 0.2) is 0 Å². The first-order valence-corrected chi connectivity index (χ1v) is 11.4. The second-order valence-electron chi connectivity index (χ2n) is 7.30. The molecule has 0 bridgehead atoms. The largest absolute Gasteiger partial charge is 0.507 e. The minimum absolute atomic E-state index is 0.0713. The Morgan fingerprint density at radius 1 is 1.06 bits per heavy atom. The zero-order chi connectivity index (χ0) is 23.9. The molecule has 0 radical (unpaired) electrons. The van der Waals surface area contributed by atoms with E-state index in [-0.39, 0.29) is 26.9 Å². The molecule has 0 aliphatic carbocycles. The highest BCUT2D eigenvalue weighted by Gasteiger charge is 2.48. The number of Topliss-reactive ketones (excluding diaryl/α,β-unsaturated/α-hetero) is 1. The number of carbonyl (C=O) groups excluding carboxylic acids is 2. The highest BCUT2D eigenvalue weighted by atomic mass is 35.5. The van der Waals surface area contributed by atoms with Gasteiger partial charge >= 0.3 is 0 Å². The van der Waals surface area contributed by atoms with Gasteiger partial charge < -0.3 is 14.6 Å². The number of aliphatic hydroxyl groups excluding tert-OH is 1. The zero-order valence-electron chi connectivity index (χ0n) is 17.9. The number of halogens is 2. The third kappa shape index (κ3) is 3.97. The SMILES string of the molecule is COc1ccc(N2C(=O)C(=O)/C(=C(/O)c3cc(Cl)cc(Cl)c3OC)C2c2sccc2C)cc1. The van der Waals surface area contributed by atoms with Crippen molar-refractivity contribution in [1.29, 1.82) is 0 Å². The van der Waals surface area contributed by atoms with E-state index in [1.165, 1.54) is 35.5 Å². The van der Waals surface area contributed by atoms with E-state index in [9.17, 15) is 14.7 Å². The number of aliphatic hydroxyl groups is 1. The van der Waals surface area contributed by atoms with Crippen LogP contribution < -0.4 is 14.4 Å².